The number of nitrogens with zero attached hydrogens (tertiary/aromatic N) is 1. The van der Waals surface area contributed by atoms with Crippen molar-refractivity contribution < 1.29 is 18.9 Å². The van der Waals surface area contributed by atoms with Gasteiger partial charge in [0.1, 0.15) is 0 Å². The fourth-order valence-electron chi connectivity index (χ4n) is 2.69. The Kier molecular flexibility index (Phi) is 3.91. The number of hydrogen-bond donors (Lipinski definition) is 0. The Hall–Kier alpha value is 0.557. The topological polar surface area (TPSA) is 14.1 Å². The van der Waals surface area contributed by atoms with Gasteiger partial charge in [-0.1, -0.05) is 47.5 Å². The van der Waals surface area contributed by atoms with Crippen LogP contribution in [0.25, 0.3) is 5.32 Å². The van der Waals surface area contributed by atoms with Crippen LogP contribution in [0.4, 0.5) is 0 Å². The van der Waals surface area contributed by atoms with Crippen molar-refractivity contribution in [3.05, 3.63) is 5.32 Å². The minimum atomic E-state index is 0. The van der Waals surface area contributed by atoms with Crippen LogP contribution in [0.3, 0.4) is 0 Å². The van der Waals surface area contributed by atoms with Crippen LogP contribution < -0.4 is 18.9 Å². The van der Waals surface area contributed by atoms with Gasteiger partial charge in [-0.25, -0.2) is 0 Å². The molecule has 0 radical (unpaired) electrons. The van der Waals surface area contributed by atoms with Crippen molar-refractivity contribution in [2.75, 3.05) is 0 Å². The third-order valence-corrected chi connectivity index (χ3v) is 2.30. The largest absolute Gasteiger partial charge is 1.00 e. The van der Waals surface area contributed by atoms with E-state index < -0.39 is 0 Å². The SMILES string of the molecule is CC1CC(C)(C)[N-]C(C)(C)C1.[Li+]. The zero-order valence-corrected chi connectivity index (χ0v) is 9.44. The maximum Gasteiger partial charge on any atom is 1.00 e. The fraction of sp³-hybridized carbons (Fsp3) is 1.00. The second kappa shape index (κ2) is 3.74. The Bertz CT molecular complexity index is 136. The molecule has 12 heavy (non-hydrogen) atoms. The minimum Gasteiger partial charge on any atom is -0.652 e. The molecule has 2 heteroatoms. The van der Waals surface area contributed by atoms with Crippen LogP contribution in [-0.4, -0.2) is 11.1 Å². The molecule has 0 bridgehead atoms. The summed E-state index contributed by atoms with van der Waals surface area (Å²) in [5, 5.41) is 4.80. The number of rotatable bonds is 0. The monoisotopic (exact) mass is 161 g/mol. The molecule has 0 aliphatic carbocycles. The average Bonchev–Trinajstić information content (AvgIpc) is 1.49. The molecule has 0 atom stereocenters. The molecule has 0 N–H and O–H groups in total. The fourth-order valence-corrected chi connectivity index (χ4v) is 2.69. The normalized spacial score (nSPS) is 27.8. The van der Waals surface area contributed by atoms with Gasteiger partial charge in [0.2, 0.25) is 0 Å². The number of piperidine rings is 1. The van der Waals surface area contributed by atoms with Crippen LogP contribution in [0.15, 0.2) is 0 Å². The average molecular weight is 161 g/mol. The van der Waals surface area contributed by atoms with Crippen LogP contribution in [0.2, 0.25) is 0 Å². The Morgan fingerprint density at radius 3 is 1.58 bits per heavy atom. The van der Waals surface area contributed by atoms with Gasteiger partial charge in [0, 0.05) is 0 Å². The smallest absolute Gasteiger partial charge is 0.652 e. The summed E-state index contributed by atoms with van der Waals surface area (Å²) in [6.07, 6.45) is 2.49. The Balaban J connectivity index is 0.00000121. The third-order valence-electron chi connectivity index (χ3n) is 2.30. The van der Waals surface area contributed by atoms with Gasteiger partial charge >= 0.3 is 18.9 Å². The Labute approximate surface area is 88.9 Å². The van der Waals surface area contributed by atoms with E-state index in [2.05, 4.69) is 34.6 Å². The molecule has 0 spiro atoms. The second-order valence-electron chi connectivity index (χ2n) is 5.25. The van der Waals surface area contributed by atoms with Gasteiger partial charge in [-0.05, 0) is 5.92 Å². The predicted molar refractivity (Wildman–Crippen MR) is 49.9 cm³/mol. The summed E-state index contributed by atoms with van der Waals surface area (Å²) in [4.78, 5) is 0. The van der Waals surface area contributed by atoms with E-state index in [9.17, 15) is 0 Å². The standard InChI is InChI=1S/C10H20N.Li/c1-8-6-9(2,3)11-10(4,5)7-8;/h8H,6-7H2,1-5H3;/q-1;+1. The van der Waals surface area contributed by atoms with Gasteiger partial charge in [-0.3, -0.25) is 0 Å². The summed E-state index contributed by atoms with van der Waals surface area (Å²) in [6, 6.07) is 0. The van der Waals surface area contributed by atoms with Crippen molar-refractivity contribution in [1.82, 2.24) is 0 Å². The van der Waals surface area contributed by atoms with Gasteiger partial charge in [-0.2, -0.15) is 0 Å². The van der Waals surface area contributed by atoms with E-state index in [1.807, 2.05) is 0 Å². The zero-order valence-electron chi connectivity index (χ0n) is 9.44. The first-order valence-electron chi connectivity index (χ1n) is 4.55. The molecule has 1 aliphatic rings. The van der Waals surface area contributed by atoms with E-state index in [1.165, 1.54) is 12.8 Å². The van der Waals surface area contributed by atoms with Crippen LogP contribution in [0.5, 0.6) is 0 Å². The molecular formula is C10H20LiN. The van der Waals surface area contributed by atoms with Crippen molar-refractivity contribution in [1.29, 1.82) is 0 Å². The molecule has 0 aromatic heterocycles. The molecule has 1 heterocycles. The van der Waals surface area contributed by atoms with Crippen LogP contribution in [-0.2, 0) is 0 Å². The quantitative estimate of drug-likeness (QED) is 0.455. The van der Waals surface area contributed by atoms with E-state index >= 15 is 0 Å². The summed E-state index contributed by atoms with van der Waals surface area (Å²) in [6.45, 7) is 11.3. The molecule has 0 unspecified atom stereocenters. The maximum absolute atomic E-state index is 4.80. The first-order valence-corrected chi connectivity index (χ1v) is 4.55. The van der Waals surface area contributed by atoms with E-state index in [0.717, 1.165) is 5.92 Å². The first-order chi connectivity index (χ1) is 4.81. The van der Waals surface area contributed by atoms with Crippen molar-refractivity contribution in [3.8, 4) is 0 Å². The van der Waals surface area contributed by atoms with Crippen molar-refractivity contribution in [3.63, 3.8) is 0 Å². The summed E-state index contributed by atoms with van der Waals surface area (Å²) in [5.41, 5.74) is 0.419. The van der Waals surface area contributed by atoms with Crippen molar-refractivity contribution in [2.45, 2.75) is 58.5 Å². The minimum absolute atomic E-state index is 0. The molecule has 0 aromatic rings. The molecule has 1 nitrogen and oxygen atoms in total. The van der Waals surface area contributed by atoms with Crippen molar-refractivity contribution >= 4 is 0 Å². The molecule has 0 aromatic carbocycles. The van der Waals surface area contributed by atoms with E-state index in [1.54, 1.807) is 0 Å². The maximum atomic E-state index is 4.80. The van der Waals surface area contributed by atoms with Gasteiger partial charge in [-0.15, -0.1) is 11.1 Å². The van der Waals surface area contributed by atoms with Crippen LogP contribution in [0.1, 0.15) is 47.5 Å². The summed E-state index contributed by atoms with van der Waals surface area (Å²) in [5.74, 6) is 0.831. The molecular weight excluding hydrogens is 141 g/mol. The second-order valence-corrected chi connectivity index (χ2v) is 5.25. The van der Waals surface area contributed by atoms with Gasteiger partial charge < -0.3 is 5.32 Å². The Morgan fingerprint density at radius 1 is 1.00 bits per heavy atom. The first kappa shape index (κ1) is 12.6. The molecule has 0 amide bonds. The van der Waals surface area contributed by atoms with Gasteiger partial charge in [0.05, 0.1) is 0 Å². The van der Waals surface area contributed by atoms with Crippen molar-refractivity contribution in [2.24, 2.45) is 5.92 Å². The Morgan fingerprint density at radius 2 is 1.33 bits per heavy atom. The molecule has 66 valence electrons. The van der Waals surface area contributed by atoms with E-state index in [-0.39, 0.29) is 29.9 Å². The van der Waals surface area contributed by atoms with Gasteiger partial charge in [0.25, 0.3) is 0 Å². The zero-order chi connectivity index (χ0) is 8.70. The molecule has 1 rings (SSSR count). The summed E-state index contributed by atoms with van der Waals surface area (Å²) >= 11 is 0. The van der Waals surface area contributed by atoms with Crippen LogP contribution >= 0.6 is 0 Å². The van der Waals surface area contributed by atoms with E-state index in [0.29, 0.717) is 0 Å². The number of hydrogen-bond acceptors (Lipinski definition) is 0. The summed E-state index contributed by atoms with van der Waals surface area (Å²) in [7, 11) is 0. The van der Waals surface area contributed by atoms with Gasteiger partial charge in [0.15, 0.2) is 0 Å². The summed E-state index contributed by atoms with van der Waals surface area (Å²) < 4.78 is 0. The van der Waals surface area contributed by atoms with E-state index in [4.69, 9.17) is 5.32 Å². The predicted octanol–water partition coefficient (Wildman–Crippen LogP) is 0.351. The van der Waals surface area contributed by atoms with Crippen LogP contribution in [0, 0.1) is 5.92 Å². The molecule has 1 saturated heterocycles. The molecule has 0 saturated carbocycles. The molecule has 1 aliphatic heterocycles. The third kappa shape index (κ3) is 3.52. The molecule has 1 fully saturated rings.